The van der Waals surface area contributed by atoms with Crippen LogP contribution in [0, 0.1) is 0 Å². The zero-order chi connectivity index (χ0) is 16.6. The standard InChI is InChI=1S/C12H20N4O5S/c1-2-3-4-5-22(20,21)9-11(17)13-6-10-7-16(15-14-10)8-12(18)19/h7H,2-6,8-9H2,1H3,(H,13,17)(H,18,19). The predicted octanol–water partition coefficient (Wildman–Crippen LogP) is -0.416. The molecule has 0 bridgehead atoms. The molecule has 9 nitrogen and oxygen atoms in total. The summed E-state index contributed by atoms with van der Waals surface area (Å²) >= 11 is 0. The Morgan fingerprint density at radius 2 is 2.09 bits per heavy atom. The fraction of sp³-hybridized carbons (Fsp3) is 0.667. The van der Waals surface area contributed by atoms with E-state index >= 15 is 0 Å². The van der Waals surface area contributed by atoms with Crippen molar-refractivity contribution in [2.24, 2.45) is 0 Å². The number of carboxylic acid groups (broad SMARTS) is 1. The normalized spacial score (nSPS) is 11.3. The van der Waals surface area contributed by atoms with Crippen molar-refractivity contribution in [2.45, 2.75) is 39.3 Å². The molecule has 0 atom stereocenters. The molecular weight excluding hydrogens is 312 g/mol. The molecule has 0 fully saturated rings. The molecule has 0 aromatic carbocycles. The lowest BCUT2D eigenvalue weighted by atomic mass is 10.3. The van der Waals surface area contributed by atoms with Gasteiger partial charge in [0.15, 0.2) is 9.84 Å². The van der Waals surface area contributed by atoms with Crippen LogP contribution in [0.3, 0.4) is 0 Å². The second-order valence-electron chi connectivity index (χ2n) is 4.88. The number of sulfone groups is 1. The molecule has 1 aromatic rings. The first kappa shape index (κ1) is 18.1. The Kier molecular flexibility index (Phi) is 6.96. The van der Waals surface area contributed by atoms with Crippen molar-refractivity contribution in [3.8, 4) is 0 Å². The molecule has 0 unspecified atom stereocenters. The minimum Gasteiger partial charge on any atom is -0.480 e. The number of carbonyl (C=O) groups excluding carboxylic acids is 1. The van der Waals surface area contributed by atoms with Gasteiger partial charge in [-0.2, -0.15) is 0 Å². The van der Waals surface area contributed by atoms with Crippen molar-refractivity contribution in [1.29, 1.82) is 0 Å². The van der Waals surface area contributed by atoms with Gasteiger partial charge >= 0.3 is 5.97 Å². The van der Waals surface area contributed by atoms with E-state index in [1.807, 2.05) is 6.92 Å². The fourth-order valence-electron chi connectivity index (χ4n) is 1.72. The predicted molar refractivity (Wildman–Crippen MR) is 77.7 cm³/mol. The smallest absolute Gasteiger partial charge is 0.325 e. The van der Waals surface area contributed by atoms with E-state index in [0.29, 0.717) is 12.1 Å². The van der Waals surface area contributed by atoms with Gasteiger partial charge in [-0.1, -0.05) is 25.0 Å². The van der Waals surface area contributed by atoms with Crippen molar-refractivity contribution in [2.75, 3.05) is 11.5 Å². The van der Waals surface area contributed by atoms with Crippen LogP contribution in [-0.4, -0.2) is 51.9 Å². The molecule has 1 aromatic heterocycles. The third-order valence-electron chi connectivity index (χ3n) is 2.76. The average Bonchev–Trinajstić information content (AvgIpc) is 2.82. The molecular formula is C12H20N4O5S. The molecule has 1 amide bonds. The number of carboxylic acids is 1. The number of rotatable bonds is 10. The van der Waals surface area contributed by atoms with Gasteiger partial charge < -0.3 is 10.4 Å². The van der Waals surface area contributed by atoms with Crippen LogP contribution in [0.4, 0.5) is 0 Å². The lowest BCUT2D eigenvalue weighted by Gasteiger charge is -2.04. The number of hydrogen-bond acceptors (Lipinski definition) is 6. The van der Waals surface area contributed by atoms with Crippen molar-refractivity contribution < 1.29 is 23.1 Å². The van der Waals surface area contributed by atoms with Crippen LogP contribution in [0.1, 0.15) is 31.9 Å². The maximum atomic E-state index is 11.7. The third-order valence-corrected chi connectivity index (χ3v) is 4.37. The second-order valence-corrected chi connectivity index (χ2v) is 7.06. The SMILES string of the molecule is CCCCCS(=O)(=O)CC(=O)NCc1cn(CC(=O)O)nn1. The van der Waals surface area contributed by atoms with Crippen LogP contribution in [0.2, 0.25) is 0 Å². The van der Waals surface area contributed by atoms with Gasteiger partial charge in [-0.25, -0.2) is 13.1 Å². The van der Waals surface area contributed by atoms with E-state index in [0.717, 1.165) is 17.5 Å². The summed E-state index contributed by atoms with van der Waals surface area (Å²) in [7, 11) is -3.40. The van der Waals surface area contributed by atoms with Gasteiger partial charge in [-0.15, -0.1) is 5.10 Å². The number of aliphatic carboxylic acids is 1. The van der Waals surface area contributed by atoms with Gasteiger partial charge in [0.1, 0.15) is 18.0 Å². The zero-order valence-electron chi connectivity index (χ0n) is 12.4. The summed E-state index contributed by atoms with van der Waals surface area (Å²) in [5.41, 5.74) is 0.359. The van der Waals surface area contributed by atoms with Crippen molar-refractivity contribution in [3.63, 3.8) is 0 Å². The highest BCUT2D eigenvalue weighted by molar-refractivity contribution is 7.92. The van der Waals surface area contributed by atoms with Crippen LogP contribution < -0.4 is 5.32 Å². The Bertz CT molecular complexity index is 611. The Balaban J connectivity index is 2.39. The van der Waals surface area contributed by atoms with Crippen LogP contribution >= 0.6 is 0 Å². The molecule has 2 N–H and O–H groups in total. The van der Waals surface area contributed by atoms with Gasteiger partial charge in [0, 0.05) is 0 Å². The molecule has 0 aliphatic carbocycles. The fourth-order valence-corrected chi connectivity index (χ4v) is 3.01. The molecule has 0 aliphatic heterocycles. The van der Waals surface area contributed by atoms with Gasteiger partial charge in [0.05, 0.1) is 18.5 Å². The quantitative estimate of drug-likeness (QED) is 0.556. The topological polar surface area (TPSA) is 131 Å². The number of nitrogens with zero attached hydrogens (tertiary/aromatic N) is 3. The molecule has 0 spiro atoms. The Labute approximate surface area is 128 Å². The van der Waals surface area contributed by atoms with E-state index < -0.39 is 27.5 Å². The van der Waals surface area contributed by atoms with Crippen molar-refractivity contribution in [3.05, 3.63) is 11.9 Å². The molecule has 0 saturated heterocycles. The molecule has 22 heavy (non-hydrogen) atoms. The number of aromatic nitrogens is 3. The molecule has 0 saturated carbocycles. The highest BCUT2D eigenvalue weighted by Gasteiger charge is 2.16. The molecule has 0 radical (unpaired) electrons. The van der Waals surface area contributed by atoms with E-state index in [4.69, 9.17) is 5.11 Å². The summed E-state index contributed by atoms with van der Waals surface area (Å²) in [5.74, 6) is -2.22. The summed E-state index contributed by atoms with van der Waals surface area (Å²) in [4.78, 5) is 22.1. The highest BCUT2D eigenvalue weighted by atomic mass is 32.2. The average molecular weight is 332 g/mol. The van der Waals surface area contributed by atoms with Crippen LogP contribution in [0.5, 0.6) is 0 Å². The molecule has 1 heterocycles. The van der Waals surface area contributed by atoms with Crippen LogP contribution in [0.15, 0.2) is 6.20 Å². The van der Waals surface area contributed by atoms with E-state index in [2.05, 4.69) is 15.6 Å². The number of hydrogen-bond donors (Lipinski definition) is 2. The highest BCUT2D eigenvalue weighted by Crippen LogP contribution is 2.00. The largest absolute Gasteiger partial charge is 0.480 e. The van der Waals surface area contributed by atoms with Gasteiger partial charge in [0.2, 0.25) is 5.91 Å². The first-order chi connectivity index (χ1) is 10.3. The monoisotopic (exact) mass is 332 g/mol. The lowest BCUT2D eigenvalue weighted by Crippen LogP contribution is -2.31. The first-order valence-corrected chi connectivity index (χ1v) is 8.72. The maximum absolute atomic E-state index is 11.7. The maximum Gasteiger partial charge on any atom is 0.325 e. The van der Waals surface area contributed by atoms with E-state index in [9.17, 15) is 18.0 Å². The van der Waals surface area contributed by atoms with E-state index in [1.165, 1.54) is 6.20 Å². The minimum atomic E-state index is -3.40. The van der Waals surface area contributed by atoms with Crippen LogP contribution in [-0.2, 0) is 32.5 Å². The Hall–Kier alpha value is -1.97. The third kappa shape index (κ3) is 7.16. The number of carbonyl (C=O) groups is 2. The summed E-state index contributed by atoms with van der Waals surface area (Å²) in [5, 5.41) is 18.3. The first-order valence-electron chi connectivity index (χ1n) is 6.90. The summed E-state index contributed by atoms with van der Waals surface area (Å²) < 4.78 is 24.5. The second kappa shape index (κ2) is 8.47. The van der Waals surface area contributed by atoms with Crippen molar-refractivity contribution >= 4 is 21.7 Å². The van der Waals surface area contributed by atoms with Gasteiger partial charge in [-0.3, -0.25) is 9.59 Å². The molecule has 0 aliphatic rings. The number of amides is 1. The van der Waals surface area contributed by atoms with E-state index in [-0.39, 0.29) is 18.8 Å². The summed E-state index contributed by atoms with van der Waals surface area (Å²) in [6, 6.07) is 0. The van der Waals surface area contributed by atoms with Gasteiger partial charge in [-0.05, 0) is 6.42 Å². The lowest BCUT2D eigenvalue weighted by molar-refractivity contribution is -0.138. The number of nitrogens with one attached hydrogen (secondary N) is 1. The molecule has 1 rings (SSSR count). The zero-order valence-corrected chi connectivity index (χ0v) is 13.2. The van der Waals surface area contributed by atoms with E-state index in [1.54, 1.807) is 0 Å². The Morgan fingerprint density at radius 1 is 1.36 bits per heavy atom. The minimum absolute atomic E-state index is 0.00291. The summed E-state index contributed by atoms with van der Waals surface area (Å²) in [6.07, 6.45) is 3.65. The van der Waals surface area contributed by atoms with Crippen LogP contribution in [0.25, 0.3) is 0 Å². The van der Waals surface area contributed by atoms with Gasteiger partial charge in [0.25, 0.3) is 0 Å². The molecule has 124 valence electrons. The molecule has 10 heteroatoms. The summed E-state index contributed by atoms with van der Waals surface area (Å²) in [6.45, 7) is 1.65. The van der Waals surface area contributed by atoms with Crippen molar-refractivity contribution in [1.82, 2.24) is 20.3 Å². The number of unbranched alkanes of at least 4 members (excludes halogenated alkanes) is 2. The Morgan fingerprint density at radius 3 is 2.73 bits per heavy atom.